The van der Waals surface area contributed by atoms with Crippen LogP contribution in [-0.4, -0.2) is 61.8 Å². The average Bonchev–Trinajstić information content (AvgIpc) is 3.67. The van der Waals surface area contributed by atoms with Gasteiger partial charge < -0.3 is 23.7 Å². The van der Waals surface area contributed by atoms with Crippen LogP contribution in [0.3, 0.4) is 0 Å². The Labute approximate surface area is 185 Å². The summed E-state index contributed by atoms with van der Waals surface area (Å²) >= 11 is 0. The number of esters is 2. The highest BCUT2D eigenvalue weighted by Crippen LogP contribution is 2.44. The van der Waals surface area contributed by atoms with Crippen LogP contribution in [0.1, 0.15) is 78.1 Å². The Morgan fingerprint density at radius 2 is 1.10 bits per heavy atom. The molecule has 1 aliphatic carbocycles. The van der Waals surface area contributed by atoms with Crippen molar-refractivity contribution in [1.29, 1.82) is 0 Å². The van der Waals surface area contributed by atoms with Gasteiger partial charge in [-0.2, -0.15) is 0 Å². The van der Waals surface area contributed by atoms with Crippen molar-refractivity contribution < 1.29 is 33.3 Å². The number of carbonyl (C=O) groups is 2. The maximum Gasteiger partial charge on any atom is 0.309 e. The van der Waals surface area contributed by atoms with E-state index in [0.717, 1.165) is 51.4 Å². The van der Waals surface area contributed by atoms with Crippen molar-refractivity contribution in [3.05, 3.63) is 0 Å². The lowest BCUT2D eigenvalue weighted by Crippen LogP contribution is -2.37. The molecule has 7 nitrogen and oxygen atoms in total. The third-order valence-electron chi connectivity index (χ3n) is 7.18. The summed E-state index contributed by atoms with van der Waals surface area (Å²) in [5, 5.41) is 0. The number of unbranched alkanes of at least 4 members (excludes halogenated alkanes) is 4. The molecule has 0 spiro atoms. The van der Waals surface area contributed by atoms with E-state index in [2.05, 4.69) is 13.8 Å². The molecule has 0 N–H and O–H groups in total. The Bertz CT molecular complexity index is 571. The van der Waals surface area contributed by atoms with Gasteiger partial charge in [-0.3, -0.25) is 9.59 Å². The quantitative estimate of drug-likeness (QED) is 0.233. The van der Waals surface area contributed by atoms with Gasteiger partial charge in [-0.05, 0) is 65.2 Å². The maximum absolute atomic E-state index is 12.7. The fourth-order valence-corrected chi connectivity index (χ4v) is 4.82. The molecule has 4 aliphatic rings. The van der Waals surface area contributed by atoms with Gasteiger partial charge in [-0.25, -0.2) is 0 Å². The van der Waals surface area contributed by atoms with E-state index < -0.39 is 11.8 Å². The fraction of sp³-hybridized carbons (Fsp3) is 0.917. The molecule has 3 heterocycles. The lowest BCUT2D eigenvalue weighted by molar-refractivity contribution is -0.162. The Morgan fingerprint density at radius 1 is 0.677 bits per heavy atom. The van der Waals surface area contributed by atoms with Crippen LogP contribution < -0.4 is 0 Å². The molecule has 3 saturated heterocycles. The summed E-state index contributed by atoms with van der Waals surface area (Å²) in [7, 11) is 0. The van der Waals surface area contributed by atoms with Crippen molar-refractivity contribution in [1.82, 2.24) is 0 Å². The van der Waals surface area contributed by atoms with E-state index >= 15 is 0 Å². The minimum Gasteiger partial charge on any atom is -0.465 e. The van der Waals surface area contributed by atoms with E-state index in [-0.39, 0.29) is 24.1 Å². The molecule has 8 unspecified atom stereocenters. The van der Waals surface area contributed by atoms with E-state index in [9.17, 15) is 9.59 Å². The summed E-state index contributed by atoms with van der Waals surface area (Å²) in [5.41, 5.74) is 0. The van der Waals surface area contributed by atoms with Gasteiger partial charge in [0.2, 0.25) is 0 Å². The van der Waals surface area contributed by atoms with Gasteiger partial charge in [-0.15, -0.1) is 0 Å². The van der Waals surface area contributed by atoms with Crippen molar-refractivity contribution in [3.8, 4) is 0 Å². The molecule has 0 aromatic rings. The van der Waals surface area contributed by atoms with Crippen LogP contribution in [0, 0.1) is 11.8 Å². The zero-order chi connectivity index (χ0) is 21.8. The number of carbonyl (C=O) groups excluding carboxylic acids is 2. The van der Waals surface area contributed by atoms with Crippen LogP contribution in [0.15, 0.2) is 0 Å². The maximum atomic E-state index is 12.7. The highest BCUT2D eigenvalue weighted by atomic mass is 16.6. The molecular weight excluding hydrogens is 400 g/mol. The molecular formula is C24H38O7. The Morgan fingerprint density at radius 3 is 1.48 bits per heavy atom. The van der Waals surface area contributed by atoms with Crippen molar-refractivity contribution in [2.45, 2.75) is 115 Å². The van der Waals surface area contributed by atoms with Crippen molar-refractivity contribution >= 4 is 11.9 Å². The van der Waals surface area contributed by atoms with Crippen LogP contribution in [0.5, 0.6) is 0 Å². The van der Waals surface area contributed by atoms with Gasteiger partial charge in [-0.1, -0.05) is 12.8 Å². The standard InChI is InChI=1S/C24H38O7/c1-15-19(29-15)9-5-3-7-11-27-23(25)17-13-21-22(31-21)14-18(17)24(26)28-12-8-4-6-10-20-16(2)30-20/h15-22H,3-14H2,1-2H3. The van der Waals surface area contributed by atoms with Gasteiger partial charge in [0, 0.05) is 0 Å². The molecule has 0 aromatic heterocycles. The van der Waals surface area contributed by atoms with Crippen LogP contribution in [0.2, 0.25) is 0 Å². The second kappa shape index (κ2) is 10.6. The average molecular weight is 439 g/mol. The topological polar surface area (TPSA) is 90.2 Å². The van der Waals surface area contributed by atoms with Crippen LogP contribution in [0.4, 0.5) is 0 Å². The first-order chi connectivity index (χ1) is 15.0. The first kappa shape index (κ1) is 23.0. The van der Waals surface area contributed by atoms with Crippen LogP contribution >= 0.6 is 0 Å². The van der Waals surface area contributed by atoms with Crippen LogP contribution in [-0.2, 0) is 33.3 Å². The van der Waals surface area contributed by atoms with Gasteiger partial charge >= 0.3 is 11.9 Å². The molecule has 3 aliphatic heterocycles. The summed E-state index contributed by atoms with van der Waals surface area (Å²) in [6.45, 7) is 5.02. The van der Waals surface area contributed by atoms with Gasteiger partial charge in [0.1, 0.15) is 0 Å². The summed E-state index contributed by atoms with van der Waals surface area (Å²) in [4.78, 5) is 25.3. The number of hydrogen-bond acceptors (Lipinski definition) is 7. The predicted octanol–water partition coefficient (Wildman–Crippen LogP) is 3.56. The summed E-state index contributed by atoms with van der Waals surface area (Å²) in [5.74, 6) is -1.42. The molecule has 31 heavy (non-hydrogen) atoms. The number of rotatable bonds is 14. The van der Waals surface area contributed by atoms with Gasteiger partial charge in [0.25, 0.3) is 0 Å². The third kappa shape index (κ3) is 6.90. The molecule has 7 heteroatoms. The van der Waals surface area contributed by atoms with Crippen molar-refractivity contribution in [3.63, 3.8) is 0 Å². The zero-order valence-electron chi connectivity index (χ0n) is 19.0. The molecule has 176 valence electrons. The highest BCUT2D eigenvalue weighted by Gasteiger charge is 2.53. The molecule has 1 saturated carbocycles. The molecule has 0 radical (unpaired) electrons. The van der Waals surface area contributed by atoms with Crippen LogP contribution in [0.25, 0.3) is 0 Å². The SMILES string of the molecule is CC1OC1CCCCCOC(=O)C1CC2OC2CC1C(=O)OCCCCCC1OC1C. The Kier molecular flexibility index (Phi) is 7.88. The summed E-state index contributed by atoms with van der Waals surface area (Å²) < 4.78 is 27.4. The Balaban J connectivity index is 1.10. The van der Waals surface area contributed by atoms with E-state index in [0.29, 0.717) is 50.5 Å². The molecule has 8 atom stereocenters. The lowest BCUT2D eigenvalue weighted by Gasteiger charge is -2.26. The second-order valence-corrected chi connectivity index (χ2v) is 9.69. The first-order valence-electron chi connectivity index (χ1n) is 12.3. The summed E-state index contributed by atoms with van der Waals surface area (Å²) in [6, 6.07) is 0. The zero-order valence-corrected chi connectivity index (χ0v) is 19.0. The van der Waals surface area contributed by atoms with E-state index in [1.54, 1.807) is 0 Å². The minimum atomic E-state index is -0.439. The number of epoxide rings is 3. The second-order valence-electron chi connectivity index (χ2n) is 9.69. The normalized spacial score (nSPS) is 37.6. The number of fused-ring (bicyclic) bond motifs is 1. The van der Waals surface area contributed by atoms with E-state index in [1.165, 1.54) is 0 Å². The first-order valence-corrected chi connectivity index (χ1v) is 12.3. The molecule has 0 bridgehead atoms. The van der Waals surface area contributed by atoms with Crippen molar-refractivity contribution in [2.24, 2.45) is 11.8 Å². The van der Waals surface area contributed by atoms with Gasteiger partial charge in [0.05, 0.1) is 61.7 Å². The molecule has 0 aromatic carbocycles. The van der Waals surface area contributed by atoms with E-state index in [4.69, 9.17) is 23.7 Å². The van der Waals surface area contributed by atoms with Gasteiger partial charge in [0.15, 0.2) is 0 Å². The summed E-state index contributed by atoms with van der Waals surface area (Å²) in [6.07, 6.45) is 11.1. The molecule has 0 amide bonds. The largest absolute Gasteiger partial charge is 0.465 e. The highest BCUT2D eigenvalue weighted by molar-refractivity contribution is 5.82. The Hall–Kier alpha value is -1.18. The van der Waals surface area contributed by atoms with E-state index in [1.807, 2.05) is 0 Å². The van der Waals surface area contributed by atoms with Crippen molar-refractivity contribution in [2.75, 3.05) is 13.2 Å². The fourth-order valence-electron chi connectivity index (χ4n) is 4.82. The smallest absolute Gasteiger partial charge is 0.309 e. The predicted molar refractivity (Wildman–Crippen MR) is 112 cm³/mol. The molecule has 4 fully saturated rings. The third-order valence-corrected chi connectivity index (χ3v) is 7.18. The minimum absolute atomic E-state index is 0.106. The molecule has 4 rings (SSSR count). The monoisotopic (exact) mass is 438 g/mol. The number of ether oxygens (including phenoxy) is 5. The lowest BCUT2D eigenvalue weighted by atomic mass is 9.79. The number of hydrogen-bond donors (Lipinski definition) is 0.